The van der Waals surface area contributed by atoms with Crippen molar-refractivity contribution in [1.82, 2.24) is 15.2 Å². The first-order chi connectivity index (χ1) is 15.6. The maximum Gasteiger partial charge on any atom is 0.417 e. The summed E-state index contributed by atoms with van der Waals surface area (Å²) in [7, 11) is 0. The lowest BCUT2D eigenvalue weighted by Gasteiger charge is -2.37. The summed E-state index contributed by atoms with van der Waals surface area (Å²) in [6.07, 6.45) is -3.09. The minimum Gasteiger partial charge on any atom is -0.353 e. The number of alkyl halides is 3. The molecule has 1 fully saturated rings. The van der Waals surface area contributed by atoms with E-state index in [-0.39, 0.29) is 17.7 Å². The summed E-state index contributed by atoms with van der Waals surface area (Å²) in [6.45, 7) is 7.53. The topological polar surface area (TPSA) is 65.5 Å². The summed E-state index contributed by atoms with van der Waals surface area (Å²) in [5, 5.41) is 2.90. The molecule has 2 amide bonds. The van der Waals surface area contributed by atoms with Crippen LogP contribution in [-0.4, -0.2) is 53.9 Å². The second-order valence-electron chi connectivity index (χ2n) is 8.69. The van der Waals surface area contributed by atoms with Crippen molar-refractivity contribution < 1.29 is 22.8 Å². The van der Waals surface area contributed by atoms with E-state index in [2.05, 4.69) is 10.3 Å². The number of hydrogen-bond donors (Lipinski definition) is 1. The van der Waals surface area contributed by atoms with E-state index in [9.17, 15) is 22.8 Å². The number of rotatable bonds is 6. The quantitative estimate of drug-likeness (QED) is 0.707. The highest BCUT2D eigenvalue weighted by Gasteiger charge is 2.32. The van der Waals surface area contributed by atoms with E-state index in [0.717, 1.165) is 17.8 Å². The van der Waals surface area contributed by atoms with Gasteiger partial charge in [0.2, 0.25) is 5.91 Å². The number of nitrogens with one attached hydrogen (secondary N) is 1. The number of amides is 2. The van der Waals surface area contributed by atoms with Gasteiger partial charge >= 0.3 is 6.18 Å². The molecular weight excluding hydrogens is 433 g/mol. The van der Waals surface area contributed by atoms with Crippen molar-refractivity contribution in [1.29, 1.82) is 0 Å². The van der Waals surface area contributed by atoms with Crippen molar-refractivity contribution in [3.8, 4) is 0 Å². The standard InChI is InChI=1S/C24H29F3N4O2/c1-16(2)14-20(29-22(32)19-7-5-4-6-17(19)3)23(33)31-12-10-30(11-13-31)21-9-8-18(15-28-21)24(25,26)27/h4-9,15-16,20H,10-14H2,1-3H3,(H,29,32)/t20-/m0/s1. The van der Waals surface area contributed by atoms with Crippen LogP contribution < -0.4 is 10.2 Å². The molecule has 2 heterocycles. The van der Waals surface area contributed by atoms with Gasteiger partial charge in [0, 0.05) is 37.9 Å². The van der Waals surface area contributed by atoms with Gasteiger partial charge in [-0.25, -0.2) is 4.98 Å². The molecule has 0 aliphatic carbocycles. The number of aryl methyl sites for hydroxylation is 1. The van der Waals surface area contributed by atoms with Crippen molar-refractivity contribution >= 4 is 17.6 Å². The Morgan fingerprint density at radius 2 is 1.73 bits per heavy atom. The molecule has 2 aromatic rings. The third kappa shape index (κ3) is 6.24. The van der Waals surface area contributed by atoms with Gasteiger partial charge in [-0.3, -0.25) is 9.59 Å². The van der Waals surface area contributed by atoms with Crippen molar-refractivity contribution in [2.45, 2.75) is 39.4 Å². The number of nitrogens with zero attached hydrogens (tertiary/aromatic N) is 3. The lowest BCUT2D eigenvalue weighted by molar-refractivity contribution is -0.138. The Bertz CT molecular complexity index is 968. The number of benzene rings is 1. The molecule has 178 valence electrons. The Balaban J connectivity index is 1.63. The molecule has 1 N–H and O–H groups in total. The van der Waals surface area contributed by atoms with E-state index in [1.807, 2.05) is 37.8 Å². The monoisotopic (exact) mass is 462 g/mol. The number of piperazine rings is 1. The van der Waals surface area contributed by atoms with Crippen LogP contribution in [0.2, 0.25) is 0 Å². The van der Waals surface area contributed by atoms with Crippen molar-refractivity contribution in [3.63, 3.8) is 0 Å². The second-order valence-corrected chi connectivity index (χ2v) is 8.69. The Labute approximate surface area is 191 Å². The van der Waals surface area contributed by atoms with Gasteiger partial charge in [-0.1, -0.05) is 32.0 Å². The Kier molecular flexibility index (Phi) is 7.61. The van der Waals surface area contributed by atoms with Crippen LogP contribution in [-0.2, 0) is 11.0 Å². The van der Waals surface area contributed by atoms with Gasteiger partial charge in [0.25, 0.3) is 5.91 Å². The highest BCUT2D eigenvalue weighted by Crippen LogP contribution is 2.29. The van der Waals surface area contributed by atoms with Crippen LogP contribution in [0.15, 0.2) is 42.6 Å². The highest BCUT2D eigenvalue weighted by molar-refractivity contribution is 5.98. The molecule has 1 aliphatic heterocycles. The van der Waals surface area contributed by atoms with Gasteiger partial charge in [-0.05, 0) is 43.0 Å². The summed E-state index contributed by atoms with van der Waals surface area (Å²) < 4.78 is 38.3. The number of carbonyl (C=O) groups is 2. The molecule has 3 rings (SSSR count). The molecule has 1 aromatic carbocycles. The van der Waals surface area contributed by atoms with E-state index < -0.39 is 17.8 Å². The summed E-state index contributed by atoms with van der Waals surface area (Å²) in [4.78, 5) is 33.5. The molecule has 0 bridgehead atoms. The second kappa shape index (κ2) is 10.2. The third-order valence-corrected chi connectivity index (χ3v) is 5.69. The first-order valence-electron chi connectivity index (χ1n) is 11.0. The zero-order chi connectivity index (χ0) is 24.2. The van der Waals surface area contributed by atoms with Crippen molar-refractivity contribution in [3.05, 3.63) is 59.3 Å². The summed E-state index contributed by atoms with van der Waals surface area (Å²) in [6, 6.07) is 8.95. The van der Waals surface area contributed by atoms with Crippen LogP contribution in [0.5, 0.6) is 0 Å². The third-order valence-electron chi connectivity index (χ3n) is 5.69. The summed E-state index contributed by atoms with van der Waals surface area (Å²) in [5.74, 6) is 0.223. The predicted octanol–water partition coefficient (Wildman–Crippen LogP) is 3.90. The van der Waals surface area contributed by atoms with Crippen molar-refractivity contribution in [2.24, 2.45) is 5.92 Å². The van der Waals surface area contributed by atoms with Gasteiger partial charge in [0.05, 0.1) is 5.56 Å². The van der Waals surface area contributed by atoms with E-state index >= 15 is 0 Å². The Morgan fingerprint density at radius 1 is 1.06 bits per heavy atom. The van der Waals surface area contributed by atoms with Crippen molar-refractivity contribution in [2.75, 3.05) is 31.1 Å². The predicted molar refractivity (Wildman–Crippen MR) is 120 cm³/mol. The van der Waals surface area contributed by atoms with E-state index in [1.54, 1.807) is 17.0 Å². The lowest BCUT2D eigenvalue weighted by Crippen LogP contribution is -2.55. The van der Waals surface area contributed by atoms with Crippen LogP contribution in [0.4, 0.5) is 19.0 Å². The Hall–Kier alpha value is -3.10. The van der Waals surface area contributed by atoms with Gasteiger partial charge in [0.1, 0.15) is 11.9 Å². The molecule has 1 atom stereocenters. The van der Waals surface area contributed by atoms with Crippen LogP contribution >= 0.6 is 0 Å². The fraction of sp³-hybridized carbons (Fsp3) is 0.458. The molecule has 0 saturated carbocycles. The number of anilines is 1. The normalized spacial score (nSPS) is 15.5. The smallest absolute Gasteiger partial charge is 0.353 e. The van der Waals surface area contributed by atoms with E-state index in [0.29, 0.717) is 44.0 Å². The maximum atomic E-state index is 13.2. The molecular formula is C24H29F3N4O2. The first-order valence-corrected chi connectivity index (χ1v) is 11.0. The molecule has 0 spiro atoms. The fourth-order valence-corrected chi connectivity index (χ4v) is 3.87. The number of aromatic nitrogens is 1. The Morgan fingerprint density at radius 3 is 2.27 bits per heavy atom. The van der Waals surface area contributed by atoms with Gasteiger partial charge in [-0.15, -0.1) is 0 Å². The minimum atomic E-state index is -4.43. The SMILES string of the molecule is Cc1ccccc1C(=O)N[C@@H](CC(C)C)C(=O)N1CCN(c2ccc(C(F)(F)F)cn2)CC1. The number of pyridine rings is 1. The van der Waals surface area contributed by atoms with Crippen LogP contribution in [0.3, 0.4) is 0 Å². The lowest BCUT2D eigenvalue weighted by atomic mass is 10.0. The average Bonchev–Trinajstić information content (AvgIpc) is 2.77. The van der Waals surface area contributed by atoms with Gasteiger partial charge < -0.3 is 15.1 Å². The van der Waals surface area contributed by atoms with Crippen LogP contribution in [0, 0.1) is 12.8 Å². The highest BCUT2D eigenvalue weighted by atomic mass is 19.4. The fourth-order valence-electron chi connectivity index (χ4n) is 3.87. The molecule has 6 nitrogen and oxygen atoms in total. The minimum absolute atomic E-state index is 0.148. The number of hydrogen-bond acceptors (Lipinski definition) is 4. The van der Waals surface area contributed by atoms with E-state index in [4.69, 9.17) is 0 Å². The summed E-state index contributed by atoms with van der Waals surface area (Å²) in [5.41, 5.74) is 0.585. The molecule has 1 saturated heterocycles. The van der Waals surface area contributed by atoms with Crippen LogP contribution in [0.25, 0.3) is 0 Å². The number of halogens is 3. The average molecular weight is 463 g/mol. The molecule has 1 aromatic heterocycles. The zero-order valence-corrected chi connectivity index (χ0v) is 19.0. The largest absolute Gasteiger partial charge is 0.417 e. The molecule has 0 unspecified atom stereocenters. The molecule has 0 radical (unpaired) electrons. The molecule has 1 aliphatic rings. The van der Waals surface area contributed by atoms with Gasteiger partial charge in [-0.2, -0.15) is 13.2 Å². The maximum absolute atomic E-state index is 13.2. The first kappa shape index (κ1) is 24.5. The van der Waals surface area contributed by atoms with Gasteiger partial charge in [0.15, 0.2) is 0 Å². The van der Waals surface area contributed by atoms with E-state index in [1.165, 1.54) is 6.07 Å². The molecule has 9 heteroatoms. The van der Waals surface area contributed by atoms with Crippen LogP contribution in [0.1, 0.15) is 41.8 Å². The number of carbonyl (C=O) groups excluding carboxylic acids is 2. The summed E-state index contributed by atoms with van der Waals surface area (Å²) >= 11 is 0. The zero-order valence-electron chi connectivity index (χ0n) is 19.0. The molecule has 33 heavy (non-hydrogen) atoms.